The molecule has 0 atom stereocenters. The summed E-state index contributed by atoms with van der Waals surface area (Å²) in [5.41, 5.74) is 0.907. The lowest BCUT2D eigenvalue weighted by molar-refractivity contribution is 0.385. The number of nitrogens with one attached hydrogen (secondary N) is 1. The SMILES string of the molecule is Oc1cccc(Cc2nc(-c3ncc[nH]3)no2)c1. The molecule has 2 aromatic heterocycles. The molecule has 0 aliphatic heterocycles. The second kappa shape index (κ2) is 4.33. The van der Waals surface area contributed by atoms with Crippen molar-refractivity contribution in [2.75, 3.05) is 0 Å². The molecule has 0 aliphatic carbocycles. The first-order valence-corrected chi connectivity index (χ1v) is 5.41. The van der Waals surface area contributed by atoms with Crippen LogP contribution >= 0.6 is 0 Å². The van der Waals surface area contributed by atoms with Gasteiger partial charge < -0.3 is 14.6 Å². The van der Waals surface area contributed by atoms with Crippen LogP contribution < -0.4 is 0 Å². The van der Waals surface area contributed by atoms with Gasteiger partial charge in [0, 0.05) is 12.4 Å². The number of benzene rings is 1. The number of aromatic hydroxyl groups is 1. The van der Waals surface area contributed by atoms with Crippen molar-refractivity contribution in [1.82, 2.24) is 20.1 Å². The third-order valence-electron chi connectivity index (χ3n) is 2.44. The first kappa shape index (κ1) is 10.5. The molecule has 90 valence electrons. The van der Waals surface area contributed by atoms with Gasteiger partial charge in [0.1, 0.15) is 5.75 Å². The second-order valence-electron chi connectivity index (χ2n) is 3.80. The lowest BCUT2D eigenvalue weighted by Crippen LogP contribution is -1.88. The van der Waals surface area contributed by atoms with Crippen LogP contribution in [0.25, 0.3) is 11.6 Å². The van der Waals surface area contributed by atoms with E-state index in [1.165, 1.54) is 0 Å². The second-order valence-corrected chi connectivity index (χ2v) is 3.80. The van der Waals surface area contributed by atoms with Crippen LogP contribution in [0.3, 0.4) is 0 Å². The molecule has 0 spiro atoms. The molecule has 0 fully saturated rings. The topological polar surface area (TPSA) is 87.8 Å². The maximum atomic E-state index is 9.36. The number of hydrogen-bond acceptors (Lipinski definition) is 5. The summed E-state index contributed by atoms with van der Waals surface area (Å²) in [5.74, 6) is 1.70. The van der Waals surface area contributed by atoms with Gasteiger partial charge in [-0.1, -0.05) is 17.3 Å². The largest absolute Gasteiger partial charge is 0.508 e. The van der Waals surface area contributed by atoms with Crippen molar-refractivity contribution >= 4 is 0 Å². The number of aromatic nitrogens is 4. The molecule has 0 unspecified atom stereocenters. The summed E-state index contributed by atoms with van der Waals surface area (Å²) in [6, 6.07) is 6.94. The highest BCUT2D eigenvalue weighted by Gasteiger charge is 2.10. The lowest BCUT2D eigenvalue weighted by atomic mass is 10.1. The van der Waals surface area contributed by atoms with Gasteiger partial charge in [0.15, 0.2) is 5.82 Å². The quantitative estimate of drug-likeness (QED) is 0.730. The molecule has 0 amide bonds. The fraction of sp³-hybridized carbons (Fsp3) is 0.0833. The first-order chi connectivity index (χ1) is 8.81. The van der Waals surface area contributed by atoms with Crippen LogP contribution in [0.2, 0.25) is 0 Å². The zero-order valence-electron chi connectivity index (χ0n) is 9.37. The fourth-order valence-electron chi connectivity index (χ4n) is 1.65. The van der Waals surface area contributed by atoms with E-state index in [4.69, 9.17) is 4.52 Å². The standard InChI is InChI=1S/C12H10N4O2/c17-9-3-1-2-8(6-9)7-10-15-12(16-18-10)11-13-4-5-14-11/h1-6,17H,7H2,(H,13,14). The average Bonchev–Trinajstić information content (AvgIpc) is 2.98. The van der Waals surface area contributed by atoms with Crippen molar-refractivity contribution in [2.45, 2.75) is 6.42 Å². The van der Waals surface area contributed by atoms with E-state index in [0.29, 0.717) is 24.0 Å². The smallest absolute Gasteiger partial charge is 0.238 e. The van der Waals surface area contributed by atoms with Gasteiger partial charge in [-0.15, -0.1) is 0 Å². The van der Waals surface area contributed by atoms with Crippen LogP contribution in [-0.2, 0) is 6.42 Å². The Morgan fingerprint density at radius 2 is 2.28 bits per heavy atom. The summed E-state index contributed by atoms with van der Waals surface area (Å²) in [4.78, 5) is 11.2. The molecule has 3 aromatic rings. The molecular weight excluding hydrogens is 232 g/mol. The Hall–Kier alpha value is -2.63. The van der Waals surface area contributed by atoms with Crippen LogP contribution in [0.1, 0.15) is 11.5 Å². The summed E-state index contributed by atoms with van der Waals surface area (Å²) in [6.45, 7) is 0. The summed E-state index contributed by atoms with van der Waals surface area (Å²) < 4.78 is 5.13. The number of hydrogen-bond donors (Lipinski definition) is 2. The van der Waals surface area contributed by atoms with Gasteiger partial charge in [-0.3, -0.25) is 0 Å². The molecular formula is C12H10N4O2. The van der Waals surface area contributed by atoms with Gasteiger partial charge in [-0.25, -0.2) is 4.98 Å². The van der Waals surface area contributed by atoms with E-state index in [-0.39, 0.29) is 5.75 Å². The minimum atomic E-state index is 0.221. The maximum absolute atomic E-state index is 9.36. The molecule has 0 saturated carbocycles. The predicted octanol–water partition coefficient (Wildman–Crippen LogP) is 1.76. The van der Waals surface area contributed by atoms with E-state index in [9.17, 15) is 5.11 Å². The van der Waals surface area contributed by atoms with Crippen molar-refractivity contribution in [2.24, 2.45) is 0 Å². The van der Waals surface area contributed by atoms with E-state index in [0.717, 1.165) is 5.56 Å². The van der Waals surface area contributed by atoms with Crippen molar-refractivity contribution < 1.29 is 9.63 Å². The van der Waals surface area contributed by atoms with Crippen LogP contribution in [0.5, 0.6) is 5.75 Å². The molecule has 6 heteroatoms. The number of phenolic OH excluding ortho intramolecular Hbond substituents is 1. The van der Waals surface area contributed by atoms with E-state index < -0.39 is 0 Å². The number of phenols is 1. The zero-order chi connectivity index (χ0) is 12.4. The van der Waals surface area contributed by atoms with Crippen molar-refractivity contribution in [1.29, 1.82) is 0 Å². The molecule has 18 heavy (non-hydrogen) atoms. The third kappa shape index (κ3) is 2.08. The Kier molecular flexibility index (Phi) is 2.53. The predicted molar refractivity (Wildman–Crippen MR) is 62.8 cm³/mol. The Morgan fingerprint density at radius 1 is 1.33 bits per heavy atom. The molecule has 1 aromatic carbocycles. The van der Waals surface area contributed by atoms with E-state index in [1.807, 2.05) is 6.07 Å². The van der Waals surface area contributed by atoms with Gasteiger partial charge in [0.25, 0.3) is 0 Å². The minimum absolute atomic E-state index is 0.221. The van der Waals surface area contributed by atoms with E-state index in [1.54, 1.807) is 30.6 Å². The molecule has 6 nitrogen and oxygen atoms in total. The molecule has 3 rings (SSSR count). The van der Waals surface area contributed by atoms with Gasteiger partial charge >= 0.3 is 0 Å². The van der Waals surface area contributed by atoms with Crippen LogP contribution in [0.15, 0.2) is 41.2 Å². The zero-order valence-corrected chi connectivity index (χ0v) is 9.37. The highest BCUT2D eigenvalue weighted by molar-refractivity contribution is 5.41. The monoisotopic (exact) mass is 242 g/mol. The van der Waals surface area contributed by atoms with Crippen LogP contribution in [0.4, 0.5) is 0 Å². The average molecular weight is 242 g/mol. The van der Waals surface area contributed by atoms with Gasteiger partial charge in [-0.2, -0.15) is 4.98 Å². The summed E-state index contributed by atoms with van der Waals surface area (Å²) >= 11 is 0. The molecule has 0 saturated heterocycles. The fourth-order valence-corrected chi connectivity index (χ4v) is 1.65. The van der Waals surface area contributed by atoms with Gasteiger partial charge in [-0.05, 0) is 17.7 Å². The lowest BCUT2D eigenvalue weighted by Gasteiger charge is -1.96. The van der Waals surface area contributed by atoms with Crippen molar-refractivity contribution in [3.63, 3.8) is 0 Å². The van der Waals surface area contributed by atoms with E-state index >= 15 is 0 Å². The number of aromatic amines is 1. The minimum Gasteiger partial charge on any atom is -0.508 e. The Balaban J connectivity index is 1.82. The molecule has 0 aliphatic rings. The van der Waals surface area contributed by atoms with Crippen molar-refractivity contribution in [3.05, 3.63) is 48.1 Å². The number of rotatable bonds is 3. The Morgan fingerprint density at radius 3 is 3.06 bits per heavy atom. The number of nitrogens with zero attached hydrogens (tertiary/aromatic N) is 3. The summed E-state index contributed by atoms with van der Waals surface area (Å²) in [7, 11) is 0. The first-order valence-electron chi connectivity index (χ1n) is 5.41. The van der Waals surface area contributed by atoms with Crippen LogP contribution in [-0.4, -0.2) is 25.2 Å². The van der Waals surface area contributed by atoms with Gasteiger partial charge in [0.2, 0.25) is 11.7 Å². The molecule has 2 heterocycles. The third-order valence-corrected chi connectivity index (χ3v) is 2.44. The normalized spacial score (nSPS) is 10.7. The van der Waals surface area contributed by atoms with Crippen molar-refractivity contribution in [3.8, 4) is 17.4 Å². The number of imidazole rings is 1. The Labute approximate surface area is 102 Å². The van der Waals surface area contributed by atoms with Crippen LogP contribution in [0, 0.1) is 0 Å². The number of H-pyrrole nitrogens is 1. The molecule has 2 N–H and O–H groups in total. The highest BCUT2D eigenvalue weighted by atomic mass is 16.5. The molecule has 0 radical (unpaired) electrons. The highest BCUT2D eigenvalue weighted by Crippen LogP contribution is 2.16. The molecule has 0 bridgehead atoms. The van der Waals surface area contributed by atoms with E-state index in [2.05, 4.69) is 20.1 Å². The summed E-state index contributed by atoms with van der Waals surface area (Å²) in [6.07, 6.45) is 3.79. The summed E-state index contributed by atoms with van der Waals surface area (Å²) in [5, 5.41) is 13.2. The van der Waals surface area contributed by atoms with Gasteiger partial charge in [0.05, 0.1) is 6.42 Å². The maximum Gasteiger partial charge on any atom is 0.238 e. The Bertz CT molecular complexity index is 646.